The predicted molar refractivity (Wildman–Crippen MR) is 55.7 cm³/mol. The standard InChI is InChI=1S/C10H11BrO3/c1-2-14-10(13)9(12)7-4-3-5-8(11)6-7/h3-6,9,12H,2H2,1H3/t9-/m1/s1. The average Bonchev–Trinajstić information content (AvgIpc) is 2.17. The monoisotopic (exact) mass is 258 g/mol. The lowest BCUT2D eigenvalue weighted by Gasteiger charge is -2.09. The van der Waals surface area contributed by atoms with Crippen molar-refractivity contribution >= 4 is 21.9 Å². The molecule has 0 saturated carbocycles. The van der Waals surface area contributed by atoms with Crippen molar-refractivity contribution in [2.24, 2.45) is 0 Å². The molecule has 76 valence electrons. The average molecular weight is 259 g/mol. The minimum absolute atomic E-state index is 0.268. The van der Waals surface area contributed by atoms with E-state index in [9.17, 15) is 9.90 Å². The molecule has 1 N–H and O–H groups in total. The molecule has 14 heavy (non-hydrogen) atoms. The van der Waals surface area contributed by atoms with Crippen molar-refractivity contribution in [2.75, 3.05) is 6.61 Å². The highest BCUT2D eigenvalue weighted by atomic mass is 79.9. The lowest BCUT2D eigenvalue weighted by atomic mass is 10.1. The molecule has 0 saturated heterocycles. The number of hydrogen-bond donors (Lipinski definition) is 1. The summed E-state index contributed by atoms with van der Waals surface area (Å²) in [5, 5.41) is 9.55. The van der Waals surface area contributed by atoms with Gasteiger partial charge in [0, 0.05) is 4.47 Å². The fraction of sp³-hybridized carbons (Fsp3) is 0.300. The van der Waals surface area contributed by atoms with E-state index < -0.39 is 12.1 Å². The second-order valence-corrected chi connectivity index (χ2v) is 3.63. The Kier molecular flexibility index (Phi) is 4.10. The molecule has 1 aromatic carbocycles. The molecule has 0 radical (unpaired) electrons. The Morgan fingerprint density at radius 3 is 2.93 bits per heavy atom. The van der Waals surface area contributed by atoms with E-state index in [0.717, 1.165) is 4.47 Å². The Labute approximate surface area is 90.8 Å². The number of rotatable bonds is 3. The van der Waals surface area contributed by atoms with E-state index in [2.05, 4.69) is 15.9 Å². The van der Waals surface area contributed by atoms with Gasteiger partial charge in [0.1, 0.15) is 0 Å². The van der Waals surface area contributed by atoms with Crippen molar-refractivity contribution in [2.45, 2.75) is 13.0 Å². The summed E-state index contributed by atoms with van der Waals surface area (Å²) in [7, 11) is 0. The Morgan fingerprint density at radius 2 is 2.36 bits per heavy atom. The number of ether oxygens (including phenoxy) is 1. The normalized spacial score (nSPS) is 12.2. The van der Waals surface area contributed by atoms with Crippen molar-refractivity contribution in [3.63, 3.8) is 0 Å². The van der Waals surface area contributed by atoms with Gasteiger partial charge in [-0.3, -0.25) is 0 Å². The molecule has 3 nitrogen and oxygen atoms in total. The third kappa shape index (κ3) is 2.82. The van der Waals surface area contributed by atoms with Crippen LogP contribution in [0.2, 0.25) is 0 Å². The molecular weight excluding hydrogens is 248 g/mol. The van der Waals surface area contributed by atoms with Crippen LogP contribution in [0.3, 0.4) is 0 Å². The highest BCUT2D eigenvalue weighted by Gasteiger charge is 2.18. The highest BCUT2D eigenvalue weighted by Crippen LogP contribution is 2.18. The molecule has 0 spiro atoms. The van der Waals surface area contributed by atoms with Gasteiger partial charge in [-0.05, 0) is 24.6 Å². The molecule has 4 heteroatoms. The van der Waals surface area contributed by atoms with Crippen LogP contribution in [-0.2, 0) is 9.53 Å². The van der Waals surface area contributed by atoms with Crippen molar-refractivity contribution < 1.29 is 14.6 Å². The lowest BCUT2D eigenvalue weighted by Crippen LogP contribution is -2.15. The maximum absolute atomic E-state index is 11.2. The van der Waals surface area contributed by atoms with Crippen LogP contribution in [0.4, 0.5) is 0 Å². The van der Waals surface area contributed by atoms with Crippen molar-refractivity contribution in [1.29, 1.82) is 0 Å². The number of carbonyl (C=O) groups is 1. The summed E-state index contributed by atoms with van der Waals surface area (Å²) in [6, 6.07) is 6.93. The minimum atomic E-state index is -1.20. The summed E-state index contributed by atoms with van der Waals surface area (Å²) in [6.07, 6.45) is -1.20. The van der Waals surface area contributed by atoms with Gasteiger partial charge >= 0.3 is 5.97 Å². The molecule has 0 heterocycles. The Bertz CT molecular complexity index is 325. The van der Waals surface area contributed by atoms with Gasteiger partial charge in [0.15, 0.2) is 6.10 Å². The Morgan fingerprint density at radius 1 is 1.64 bits per heavy atom. The van der Waals surface area contributed by atoms with E-state index in [1.165, 1.54) is 0 Å². The van der Waals surface area contributed by atoms with E-state index in [0.29, 0.717) is 5.56 Å². The van der Waals surface area contributed by atoms with Gasteiger partial charge in [0.05, 0.1) is 6.61 Å². The van der Waals surface area contributed by atoms with Crippen molar-refractivity contribution in [3.8, 4) is 0 Å². The zero-order chi connectivity index (χ0) is 10.6. The summed E-state index contributed by atoms with van der Waals surface area (Å²) >= 11 is 3.26. The summed E-state index contributed by atoms with van der Waals surface area (Å²) in [5.74, 6) is -0.620. The zero-order valence-electron chi connectivity index (χ0n) is 7.74. The Balaban J connectivity index is 2.78. The van der Waals surface area contributed by atoms with Crippen LogP contribution < -0.4 is 0 Å². The van der Waals surface area contributed by atoms with E-state index >= 15 is 0 Å². The number of esters is 1. The quantitative estimate of drug-likeness (QED) is 0.845. The molecule has 0 bridgehead atoms. The van der Waals surface area contributed by atoms with Gasteiger partial charge in [-0.1, -0.05) is 28.1 Å². The number of aliphatic hydroxyl groups excluding tert-OH is 1. The molecule has 0 unspecified atom stereocenters. The first-order valence-electron chi connectivity index (χ1n) is 4.25. The van der Waals surface area contributed by atoms with Crippen LogP contribution in [0.15, 0.2) is 28.7 Å². The molecule has 1 rings (SSSR count). The largest absolute Gasteiger partial charge is 0.464 e. The maximum atomic E-state index is 11.2. The van der Waals surface area contributed by atoms with E-state index in [-0.39, 0.29) is 6.61 Å². The lowest BCUT2D eigenvalue weighted by molar-refractivity contribution is -0.153. The molecule has 0 fully saturated rings. The van der Waals surface area contributed by atoms with Gasteiger partial charge < -0.3 is 9.84 Å². The maximum Gasteiger partial charge on any atom is 0.339 e. The molecule has 1 atom stereocenters. The van der Waals surface area contributed by atoms with E-state index in [1.807, 2.05) is 6.07 Å². The molecule has 0 amide bonds. The molecule has 1 aromatic rings. The van der Waals surface area contributed by atoms with Gasteiger partial charge in [-0.15, -0.1) is 0 Å². The molecule has 0 aliphatic heterocycles. The van der Waals surface area contributed by atoms with Crippen LogP contribution in [0.25, 0.3) is 0 Å². The van der Waals surface area contributed by atoms with Crippen LogP contribution in [-0.4, -0.2) is 17.7 Å². The predicted octanol–water partition coefficient (Wildman–Crippen LogP) is 2.05. The number of benzene rings is 1. The summed E-state index contributed by atoms with van der Waals surface area (Å²) in [5.41, 5.74) is 0.526. The van der Waals surface area contributed by atoms with Crippen molar-refractivity contribution in [3.05, 3.63) is 34.3 Å². The summed E-state index contributed by atoms with van der Waals surface area (Å²) in [6.45, 7) is 1.97. The number of carbonyl (C=O) groups excluding carboxylic acids is 1. The molecule has 0 aromatic heterocycles. The topological polar surface area (TPSA) is 46.5 Å². The number of aliphatic hydroxyl groups is 1. The third-order valence-corrected chi connectivity index (χ3v) is 2.17. The fourth-order valence-corrected chi connectivity index (χ4v) is 1.45. The fourth-order valence-electron chi connectivity index (χ4n) is 1.03. The number of hydrogen-bond acceptors (Lipinski definition) is 3. The summed E-state index contributed by atoms with van der Waals surface area (Å²) in [4.78, 5) is 11.2. The second kappa shape index (κ2) is 5.12. The highest BCUT2D eigenvalue weighted by molar-refractivity contribution is 9.10. The smallest absolute Gasteiger partial charge is 0.339 e. The zero-order valence-corrected chi connectivity index (χ0v) is 9.32. The SMILES string of the molecule is CCOC(=O)[C@H](O)c1cccc(Br)c1. The van der Waals surface area contributed by atoms with Crippen LogP contribution in [0.1, 0.15) is 18.6 Å². The van der Waals surface area contributed by atoms with Crippen LogP contribution in [0.5, 0.6) is 0 Å². The summed E-state index contributed by atoms with van der Waals surface area (Å²) < 4.78 is 5.51. The van der Waals surface area contributed by atoms with Gasteiger partial charge in [-0.2, -0.15) is 0 Å². The number of halogens is 1. The first-order chi connectivity index (χ1) is 6.65. The second-order valence-electron chi connectivity index (χ2n) is 2.71. The van der Waals surface area contributed by atoms with E-state index in [1.54, 1.807) is 25.1 Å². The molecule has 0 aliphatic carbocycles. The third-order valence-electron chi connectivity index (χ3n) is 1.67. The minimum Gasteiger partial charge on any atom is -0.464 e. The van der Waals surface area contributed by atoms with Crippen LogP contribution >= 0.6 is 15.9 Å². The van der Waals surface area contributed by atoms with Gasteiger partial charge in [0.2, 0.25) is 0 Å². The first-order valence-corrected chi connectivity index (χ1v) is 5.04. The first kappa shape index (κ1) is 11.2. The molecule has 0 aliphatic rings. The molecular formula is C10H11BrO3. The van der Waals surface area contributed by atoms with E-state index in [4.69, 9.17) is 4.74 Å². The van der Waals surface area contributed by atoms with Crippen LogP contribution in [0, 0.1) is 0 Å². The van der Waals surface area contributed by atoms with Gasteiger partial charge in [0.25, 0.3) is 0 Å². The Hall–Kier alpha value is -0.870. The van der Waals surface area contributed by atoms with Crippen molar-refractivity contribution in [1.82, 2.24) is 0 Å². The van der Waals surface area contributed by atoms with Gasteiger partial charge in [-0.25, -0.2) is 4.79 Å².